The van der Waals surface area contributed by atoms with Crippen LogP contribution < -0.4 is 5.46 Å². The lowest BCUT2D eigenvalue weighted by atomic mass is 9.70. The Hall–Kier alpha value is -1.05. The Bertz CT molecular complexity index is 331. The Morgan fingerprint density at radius 1 is 1.33 bits per heavy atom. The van der Waals surface area contributed by atoms with Gasteiger partial charge in [-0.1, -0.05) is 30.5 Å². The van der Waals surface area contributed by atoms with Crippen molar-refractivity contribution in [2.75, 3.05) is 0 Å². The van der Waals surface area contributed by atoms with Gasteiger partial charge in [-0.25, -0.2) is 0 Å². The molecule has 0 radical (unpaired) electrons. The number of benzene rings is 1. The molecule has 1 aromatic carbocycles. The highest BCUT2D eigenvalue weighted by molar-refractivity contribution is 6.54. The van der Waals surface area contributed by atoms with Crippen LogP contribution in [0.4, 0.5) is 0 Å². The first kappa shape index (κ1) is 7.60. The molecule has 60 valence electrons. The van der Waals surface area contributed by atoms with Crippen LogP contribution in [0.1, 0.15) is 22.3 Å². The second-order valence-electron chi connectivity index (χ2n) is 3.23. The molecule has 0 heterocycles. The number of hydrogen-bond acceptors (Lipinski definition) is 1. The van der Waals surface area contributed by atoms with E-state index < -0.39 is 0 Å². The van der Waals surface area contributed by atoms with E-state index in [4.69, 9.17) is 0 Å². The van der Waals surface area contributed by atoms with E-state index >= 15 is 0 Å². The van der Waals surface area contributed by atoms with Gasteiger partial charge in [-0.05, 0) is 12.0 Å². The van der Waals surface area contributed by atoms with Crippen LogP contribution in [0.3, 0.4) is 0 Å². The lowest BCUT2D eigenvalue weighted by Gasteiger charge is -2.02. The number of aryl methyl sites for hydroxylation is 1. The van der Waals surface area contributed by atoms with E-state index in [0.29, 0.717) is 12.2 Å². The van der Waals surface area contributed by atoms with Crippen molar-refractivity contribution in [2.45, 2.75) is 19.7 Å². The Morgan fingerprint density at radius 2 is 2.17 bits per heavy atom. The SMILES string of the molecule is CBc1cccc2c1C(=O)CC2. The van der Waals surface area contributed by atoms with Crippen LogP contribution in [-0.2, 0) is 6.42 Å². The summed E-state index contributed by atoms with van der Waals surface area (Å²) in [6, 6.07) is 6.18. The zero-order valence-electron chi connectivity index (χ0n) is 7.26. The van der Waals surface area contributed by atoms with Gasteiger partial charge in [-0.3, -0.25) is 4.79 Å². The minimum absolute atomic E-state index is 0.336. The van der Waals surface area contributed by atoms with Crippen LogP contribution in [0.25, 0.3) is 0 Å². The monoisotopic (exact) mass is 158 g/mol. The number of rotatable bonds is 1. The second-order valence-corrected chi connectivity index (χ2v) is 3.23. The molecule has 2 rings (SSSR count). The van der Waals surface area contributed by atoms with Crippen molar-refractivity contribution in [2.24, 2.45) is 0 Å². The van der Waals surface area contributed by atoms with E-state index in [1.807, 2.05) is 0 Å². The average Bonchev–Trinajstić information content (AvgIpc) is 2.48. The highest BCUT2D eigenvalue weighted by atomic mass is 16.1. The summed E-state index contributed by atoms with van der Waals surface area (Å²) in [5.41, 5.74) is 3.48. The Kier molecular flexibility index (Phi) is 1.76. The highest BCUT2D eigenvalue weighted by Crippen LogP contribution is 2.19. The molecule has 1 aliphatic carbocycles. The van der Waals surface area contributed by atoms with Gasteiger partial charge in [-0.2, -0.15) is 0 Å². The predicted octanol–water partition coefficient (Wildman–Crippen LogP) is 0.925. The number of Topliss-reactive ketones (excluding diaryl/α,β-unsaturated/α-hetero) is 1. The third-order valence-electron chi connectivity index (χ3n) is 2.52. The van der Waals surface area contributed by atoms with Gasteiger partial charge in [-0.15, -0.1) is 0 Å². The molecular formula is C10H11BO. The van der Waals surface area contributed by atoms with Gasteiger partial charge in [0.25, 0.3) is 0 Å². The van der Waals surface area contributed by atoms with Gasteiger partial charge in [0, 0.05) is 12.0 Å². The van der Waals surface area contributed by atoms with E-state index in [-0.39, 0.29) is 0 Å². The first-order valence-corrected chi connectivity index (χ1v) is 4.47. The molecule has 0 saturated carbocycles. The molecule has 0 N–H and O–H groups in total. The van der Waals surface area contributed by atoms with Gasteiger partial charge in [0.2, 0.25) is 0 Å². The van der Waals surface area contributed by atoms with Crippen LogP contribution >= 0.6 is 0 Å². The molecule has 1 aliphatic rings. The Balaban J connectivity index is 2.60. The van der Waals surface area contributed by atoms with Crippen molar-refractivity contribution in [3.63, 3.8) is 0 Å². The normalized spacial score (nSPS) is 14.6. The maximum atomic E-state index is 11.4. The minimum atomic E-state index is 0.336. The van der Waals surface area contributed by atoms with Crippen molar-refractivity contribution in [3.8, 4) is 0 Å². The number of carbonyl (C=O) groups is 1. The molecule has 1 aromatic rings. The summed E-state index contributed by atoms with van der Waals surface area (Å²) >= 11 is 0. The molecular weight excluding hydrogens is 147 g/mol. The average molecular weight is 158 g/mol. The van der Waals surface area contributed by atoms with E-state index in [0.717, 1.165) is 19.3 Å². The van der Waals surface area contributed by atoms with Gasteiger partial charge in [0.05, 0.1) is 0 Å². The molecule has 0 saturated heterocycles. The number of hydrogen-bond donors (Lipinski definition) is 0. The van der Waals surface area contributed by atoms with Gasteiger partial charge >= 0.3 is 0 Å². The number of ketones is 1. The summed E-state index contributed by atoms with van der Waals surface area (Å²) in [5.74, 6) is 0.336. The second kappa shape index (κ2) is 2.78. The Morgan fingerprint density at radius 3 is 2.92 bits per heavy atom. The maximum absolute atomic E-state index is 11.4. The quantitative estimate of drug-likeness (QED) is 0.555. The van der Waals surface area contributed by atoms with Crippen molar-refractivity contribution >= 4 is 18.5 Å². The molecule has 0 aliphatic heterocycles. The van der Waals surface area contributed by atoms with Crippen molar-refractivity contribution in [3.05, 3.63) is 29.3 Å². The van der Waals surface area contributed by atoms with Crippen LogP contribution in [0.15, 0.2) is 18.2 Å². The third kappa shape index (κ3) is 0.988. The smallest absolute Gasteiger partial charge is 0.162 e. The molecule has 12 heavy (non-hydrogen) atoms. The fraction of sp³-hybridized carbons (Fsp3) is 0.300. The largest absolute Gasteiger partial charge is 0.294 e. The standard InChI is InChI=1S/C10H11BO/c1-11-8-4-2-3-7-5-6-9(12)10(7)8/h2-4,11H,5-6H2,1H3. The molecule has 0 spiro atoms. The van der Waals surface area contributed by atoms with Crippen molar-refractivity contribution < 1.29 is 4.79 Å². The predicted molar refractivity (Wildman–Crippen MR) is 51.7 cm³/mol. The van der Waals surface area contributed by atoms with Crippen LogP contribution in [0.5, 0.6) is 0 Å². The third-order valence-corrected chi connectivity index (χ3v) is 2.52. The summed E-state index contributed by atoms with van der Waals surface area (Å²) in [4.78, 5) is 11.4. The fourth-order valence-electron chi connectivity index (χ4n) is 1.89. The highest BCUT2D eigenvalue weighted by Gasteiger charge is 2.21. The zero-order chi connectivity index (χ0) is 8.55. The first-order chi connectivity index (χ1) is 5.83. The van der Waals surface area contributed by atoms with Crippen LogP contribution in [0.2, 0.25) is 6.82 Å². The Labute approximate surface area is 73.0 Å². The number of carbonyl (C=O) groups excluding carboxylic acids is 1. The molecule has 0 bridgehead atoms. The zero-order valence-corrected chi connectivity index (χ0v) is 7.26. The van der Waals surface area contributed by atoms with Crippen molar-refractivity contribution in [1.82, 2.24) is 0 Å². The minimum Gasteiger partial charge on any atom is -0.294 e. The molecule has 0 aromatic heterocycles. The summed E-state index contributed by atoms with van der Waals surface area (Å²) in [5, 5.41) is 0. The molecule has 1 nitrogen and oxygen atoms in total. The fourth-order valence-corrected chi connectivity index (χ4v) is 1.89. The van der Waals surface area contributed by atoms with Gasteiger partial charge < -0.3 is 0 Å². The molecule has 0 unspecified atom stereocenters. The first-order valence-electron chi connectivity index (χ1n) is 4.47. The molecule has 0 fully saturated rings. The van der Waals surface area contributed by atoms with Crippen molar-refractivity contribution in [1.29, 1.82) is 0 Å². The lowest BCUT2D eigenvalue weighted by Crippen LogP contribution is -2.18. The summed E-state index contributed by atoms with van der Waals surface area (Å²) in [6.07, 6.45) is 1.66. The molecule has 2 heteroatoms. The summed E-state index contributed by atoms with van der Waals surface area (Å²) < 4.78 is 0. The molecule has 0 atom stereocenters. The molecule has 0 amide bonds. The van der Waals surface area contributed by atoms with Crippen LogP contribution in [0, 0.1) is 0 Å². The topological polar surface area (TPSA) is 17.1 Å². The van der Waals surface area contributed by atoms with Gasteiger partial charge in [0.15, 0.2) is 13.1 Å². The lowest BCUT2D eigenvalue weighted by molar-refractivity contribution is 0.0995. The van der Waals surface area contributed by atoms with Crippen LogP contribution in [-0.4, -0.2) is 13.1 Å². The summed E-state index contributed by atoms with van der Waals surface area (Å²) in [7, 11) is 0.967. The number of fused-ring (bicyclic) bond motifs is 1. The van der Waals surface area contributed by atoms with E-state index in [9.17, 15) is 4.79 Å². The van der Waals surface area contributed by atoms with E-state index in [2.05, 4.69) is 25.0 Å². The van der Waals surface area contributed by atoms with Gasteiger partial charge in [0.1, 0.15) is 0 Å². The summed E-state index contributed by atoms with van der Waals surface area (Å²) in [6.45, 7) is 2.10. The van der Waals surface area contributed by atoms with E-state index in [1.54, 1.807) is 0 Å². The maximum Gasteiger partial charge on any atom is 0.162 e. The van der Waals surface area contributed by atoms with E-state index in [1.165, 1.54) is 11.0 Å².